The number of anilines is 1. The van der Waals surface area contributed by atoms with Crippen molar-refractivity contribution in [3.8, 4) is 0 Å². The number of carbonyl (C=O) groups is 2. The van der Waals surface area contributed by atoms with Gasteiger partial charge in [0.2, 0.25) is 5.13 Å². The van der Waals surface area contributed by atoms with E-state index in [1.807, 2.05) is 30.3 Å². The Balaban J connectivity index is 2.01. The quantitative estimate of drug-likeness (QED) is 0.593. The number of nitrogens with one attached hydrogen (secondary N) is 1. The second-order valence-corrected chi connectivity index (χ2v) is 7.63. The number of ether oxygens (including phenoxy) is 1. The van der Waals surface area contributed by atoms with Gasteiger partial charge in [-0.05, 0) is 5.56 Å². The number of methoxy groups -OCH3 is 1. The Morgan fingerprint density at radius 2 is 2.12 bits per heavy atom. The molecule has 0 radical (unpaired) electrons. The van der Waals surface area contributed by atoms with Crippen LogP contribution in [0.2, 0.25) is 0 Å². The molecule has 1 aromatic heterocycles. The molecule has 0 bridgehead atoms. The van der Waals surface area contributed by atoms with Crippen LogP contribution in [0.25, 0.3) is 0 Å². The van der Waals surface area contributed by atoms with Gasteiger partial charge in [0, 0.05) is 18.5 Å². The van der Waals surface area contributed by atoms with Gasteiger partial charge in [-0.15, -0.1) is 10.2 Å². The number of amides is 2. The zero-order valence-electron chi connectivity index (χ0n) is 14.1. The number of carbonyl (C=O) groups excluding carboxylic acids is 2. The number of nitrogens with zero attached hydrogens (tertiary/aromatic N) is 3. The molecule has 1 aromatic carbocycles. The van der Waals surface area contributed by atoms with Gasteiger partial charge in [0.05, 0.1) is 18.7 Å². The Kier molecular flexibility index (Phi) is 5.43. The molecule has 2 aromatic rings. The molecule has 1 aliphatic heterocycles. The van der Waals surface area contributed by atoms with Crippen molar-refractivity contribution in [1.29, 1.82) is 0 Å². The van der Waals surface area contributed by atoms with Gasteiger partial charge in [-0.1, -0.05) is 53.4 Å². The molecule has 10 heteroatoms. The maximum atomic E-state index is 12.5. The van der Waals surface area contributed by atoms with Crippen molar-refractivity contribution in [3.63, 3.8) is 0 Å². The maximum absolute atomic E-state index is 12.5. The highest BCUT2D eigenvalue weighted by Crippen LogP contribution is 2.34. The number of hydrogen-bond acceptors (Lipinski definition) is 8. The molecule has 0 fully saturated rings. The van der Waals surface area contributed by atoms with Crippen LogP contribution in [0.5, 0.6) is 0 Å². The first-order chi connectivity index (χ1) is 12.5. The fourth-order valence-electron chi connectivity index (χ4n) is 2.59. The molecule has 3 rings (SSSR count). The van der Waals surface area contributed by atoms with Gasteiger partial charge in [-0.25, -0.2) is 9.59 Å². The number of thioether (sulfide) groups is 1. The summed E-state index contributed by atoms with van der Waals surface area (Å²) in [7, 11) is 2.94. The lowest BCUT2D eigenvalue weighted by Gasteiger charge is -2.34. The fourth-order valence-corrected chi connectivity index (χ4v) is 4.31. The van der Waals surface area contributed by atoms with Gasteiger partial charge in [-0.3, -0.25) is 4.90 Å². The summed E-state index contributed by atoms with van der Waals surface area (Å²) in [5, 5.41) is 11.0. The molecule has 2 heterocycles. The van der Waals surface area contributed by atoms with Gasteiger partial charge in [-0.2, -0.15) is 0 Å². The number of benzene rings is 1. The predicted molar refractivity (Wildman–Crippen MR) is 99.6 cm³/mol. The topological polar surface area (TPSA) is 110 Å². The van der Waals surface area contributed by atoms with E-state index in [9.17, 15) is 9.59 Å². The van der Waals surface area contributed by atoms with Crippen molar-refractivity contribution in [2.45, 2.75) is 10.4 Å². The molecule has 1 atom stereocenters. The van der Waals surface area contributed by atoms with E-state index in [4.69, 9.17) is 10.5 Å². The highest BCUT2D eigenvalue weighted by Gasteiger charge is 2.36. The first-order valence-electron chi connectivity index (χ1n) is 7.63. The van der Waals surface area contributed by atoms with Gasteiger partial charge < -0.3 is 15.8 Å². The van der Waals surface area contributed by atoms with E-state index >= 15 is 0 Å². The van der Waals surface area contributed by atoms with Gasteiger partial charge in [0.1, 0.15) is 0 Å². The lowest BCUT2D eigenvalue weighted by molar-refractivity contribution is -0.136. The lowest BCUT2D eigenvalue weighted by atomic mass is 9.95. The number of hydrogen-bond donors (Lipinski definition) is 2. The first-order valence-corrected chi connectivity index (χ1v) is 9.43. The van der Waals surface area contributed by atoms with Crippen LogP contribution >= 0.6 is 23.1 Å². The zero-order valence-corrected chi connectivity index (χ0v) is 15.8. The molecule has 136 valence electrons. The van der Waals surface area contributed by atoms with Crippen LogP contribution in [-0.4, -0.2) is 47.0 Å². The molecule has 0 spiro atoms. The predicted octanol–water partition coefficient (Wildman–Crippen LogP) is 2.04. The van der Waals surface area contributed by atoms with Crippen molar-refractivity contribution >= 4 is 40.2 Å². The Morgan fingerprint density at radius 1 is 1.38 bits per heavy atom. The minimum Gasteiger partial charge on any atom is -0.466 e. The third-order valence-electron chi connectivity index (χ3n) is 3.87. The molecule has 8 nitrogen and oxygen atoms in total. The molecular weight excluding hydrogens is 374 g/mol. The summed E-state index contributed by atoms with van der Waals surface area (Å²) in [5.41, 5.74) is 7.36. The second kappa shape index (κ2) is 7.75. The smallest absolute Gasteiger partial charge is 0.338 e. The summed E-state index contributed by atoms with van der Waals surface area (Å²) in [6.45, 7) is 0. The summed E-state index contributed by atoms with van der Waals surface area (Å²) in [4.78, 5) is 26.4. The molecule has 3 N–H and O–H groups in total. The van der Waals surface area contributed by atoms with Crippen molar-refractivity contribution in [2.24, 2.45) is 0 Å². The minimum atomic E-state index is -0.581. The maximum Gasteiger partial charge on any atom is 0.338 e. The van der Waals surface area contributed by atoms with E-state index in [2.05, 4.69) is 15.5 Å². The minimum absolute atomic E-state index is 0.293. The number of urea groups is 1. The van der Waals surface area contributed by atoms with Crippen molar-refractivity contribution in [2.75, 3.05) is 25.6 Å². The molecule has 0 saturated carbocycles. The van der Waals surface area contributed by atoms with Crippen LogP contribution < -0.4 is 11.1 Å². The monoisotopic (exact) mass is 391 g/mol. The van der Waals surface area contributed by atoms with Crippen molar-refractivity contribution in [3.05, 3.63) is 47.2 Å². The second-order valence-electron chi connectivity index (χ2n) is 5.40. The average Bonchev–Trinajstić information content (AvgIpc) is 3.07. The van der Waals surface area contributed by atoms with Crippen LogP contribution in [0.4, 0.5) is 9.93 Å². The SMILES string of the molecule is COC(=O)C1=C(CSc2nnc(N)s2)N(C)C(=O)N[C@H]1c1ccccc1. The summed E-state index contributed by atoms with van der Waals surface area (Å²) >= 11 is 2.61. The Labute approximate surface area is 158 Å². The van der Waals surface area contributed by atoms with E-state index in [1.54, 1.807) is 7.05 Å². The van der Waals surface area contributed by atoms with Crippen molar-refractivity contribution < 1.29 is 14.3 Å². The largest absolute Gasteiger partial charge is 0.466 e. The normalized spacial score (nSPS) is 17.2. The van der Waals surface area contributed by atoms with E-state index in [-0.39, 0.29) is 6.03 Å². The van der Waals surface area contributed by atoms with Crippen molar-refractivity contribution in [1.82, 2.24) is 20.4 Å². The third-order valence-corrected chi connectivity index (χ3v) is 5.77. The standard InChI is InChI=1S/C16H17N5O3S2/c1-21-10(8-25-16-20-19-14(17)26-16)11(13(22)24-2)12(18-15(21)23)9-6-4-3-5-7-9/h3-7,12H,8H2,1-2H3,(H2,17,19)(H,18,23)/t12-/m0/s1. The Morgan fingerprint density at radius 3 is 2.73 bits per heavy atom. The molecule has 0 aliphatic carbocycles. The highest BCUT2D eigenvalue weighted by molar-refractivity contribution is 8.01. The number of esters is 1. The highest BCUT2D eigenvalue weighted by atomic mass is 32.2. The summed E-state index contributed by atoms with van der Waals surface area (Å²) in [5.74, 6) is -0.134. The van der Waals surface area contributed by atoms with Crippen LogP contribution in [-0.2, 0) is 9.53 Å². The van der Waals surface area contributed by atoms with E-state index in [0.717, 1.165) is 5.56 Å². The molecule has 0 unspecified atom stereocenters. The van der Waals surface area contributed by atoms with Crippen LogP contribution in [0.3, 0.4) is 0 Å². The summed E-state index contributed by atoms with van der Waals surface area (Å²) in [6.07, 6.45) is 0. The summed E-state index contributed by atoms with van der Waals surface area (Å²) < 4.78 is 5.64. The third kappa shape index (κ3) is 3.65. The average molecular weight is 391 g/mol. The molecule has 1 aliphatic rings. The van der Waals surface area contributed by atoms with E-state index < -0.39 is 12.0 Å². The molecule has 26 heavy (non-hydrogen) atoms. The zero-order chi connectivity index (χ0) is 18.7. The number of rotatable bonds is 5. The Hall–Kier alpha value is -2.59. The van der Waals surface area contributed by atoms with E-state index in [1.165, 1.54) is 35.1 Å². The summed E-state index contributed by atoms with van der Waals surface area (Å²) in [6, 6.07) is 8.42. The fraction of sp³-hybridized carbons (Fsp3) is 0.250. The molecular formula is C16H17N5O3S2. The van der Waals surface area contributed by atoms with Crippen LogP contribution in [0.1, 0.15) is 11.6 Å². The lowest BCUT2D eigenvalue weighted by Crippen LogP contribution is -2.47. The van der Waals surface area contributed by atoms with Crippen LogP contribution in [0, 0.1) is 0 Å². The number of aromatic nitrogens is 2. The number of nitrogens with two attached hydrogens (primary N) is 1. The first kappa shape index (κ1) is 18.2. The van der Waals surface area contributed by atoms with Gasteiger partial charge >= 0.3 is 12.0 Å². The molecule has 0 saturated heterocycles. The van der Waals surface area contributed by atoms with Gasteiger partial charge in [0.15, 0.2) is 4.34 Å². The number of nitrogen functional groups attached to an aromatic ring is 1. The van der Waals surface area contributed by atoms with E-state index in [0.29, 0.717) is 26.5 Å². The molecule has 2 amide bonds. The Bertz CT molecular complexity index is 853. The van der Waals surface area contributed by atoms with Gasteiger partial charge in [0.25, 0.3) is 0 Å². The van der Waals surface area contributed by atoms with Crippen LogP contribution in [0.15, 0.2) is 45.9 Å².